The number of carbonyl (C=O) groups is 1. The van der Waals surface area contributed by atoms with Gasteiger partial charge in [0.1, 0.15) is 0 Å². The van der Waals surface area contributed by atoms with Crippen molar-refractivity contribution in [3.63, 3.8) is 0 Å². The van der Waals surface area contributed by atoms with E-state index in [1.54, 1.807) is 0 Å². The molecule has 0 aromatic heterocycles. The number of likely N-dealkylation sites (N-methyl/N-ethyl adjacent to an activating group) is 1. The van der Waals surface area contributed by atoms with Gasteiger partial charge in [-0.25, -0.2) is 0 Å². The number of hydrogen-bond donors (Lipinski definition) is 1. The summed E-state index contributed by atoms with van der Waals surface area (Å²) in [6.45, 7) is 7.10. The van der Waals surface area contributed by atoms with Crippen LogP contribution in [0.25, 0.3) is 0 Å². The van der Waals surface area contributed by atoms with Crippen LogP contribution in [0.4, 0.5) is 5.69 Å². The first-order valence-electron chi connectivity index (χ1n) is 10.3. The van der Waals surface area contributed by atoms with Crippen LogP contribution < -0.4 is 5.32 Å². The molecule has 0 spiro atoms. The van der Waals surface area contributed by atoms with Crippen molar-refractivity contribution in [2.24, 2.45) is 0 Å². The second kappa shape index (κ2) is 8.69. The van der Waals surface area contributed by atoms with Crippen molar-refractivity contribution >= 4 is 11.6 Å². The van der Waals surface area contributed by atoms with E-state index < -0.39 is 0 Å². The fraction of sp³-hybridized carbons (Fsp3) is 0.667. The van der Waals surface area contributed by atoms with Gasteiger partial charge < -0.3 is 10.1 Å². The van der Waals surface area contributed by atoms with Crippen LogP contribution in [0.1, 0.15) is 24.8 Å². The summed E-state index contributed by atoms with van der Waals surface area (Å²) in [6, 6.07) is 9.60. The van der Waals surface area contributed by atoms with Gasteiger partial charge >= 0.3 is 0 Å². The average molecular weight is 373 g/mol. The van der Waals surface area contributed by atoms with E-state index in [4.69, 9.17) is 4.74 Å². The molecule has 2 bridgehead atoms. The van der Waals surface area contributed by atoms with Crippen LogP contribution in [0.5, 0.6) is 0 Å². The van der Waals surface area contributed by atoms with E-state index in [-0.39, 0.29) is 5.91 Å². The Morgan fingerprint density at radius 2 is 1.78 bits per heavy atom. The van der Waals surface area contributed by atoms with Crippen molar-refractivity contribution in [3.05, 3.63) is 29.8 Å². The Morgan fingerprint density at radius 1 is 1.04 bits per heavy atom. The summed E-state index contributed by atoms with van der Waals surface area (Å²) in [5, 5.41) is 3.07. The molecule has 1 N–H and O–H groups in total. The first-order chi connectivity index (χ1) is 13.2. The molecule has 6 heteroatoms. The standard InChI is InChI=1S/C21H32N4O2/c1-23-19-6-7-20(23)15-25(9-8-19)16-21(26)22-18-4-2-17(3-5-18)14-24-10-12-27-13-11-24/h2-5,19-20H,6-16H2,1H3,(H,22,26)/t19-,20-/m0/s1. The molecule has 1 amide bonds. The molecule has 0 saturated carbocycles. The number of likely N-dealkylation sites (tertiary alicyclic amines) is 1. The number of anilines is 1. The molecule has 3 saturated heterocycles. The summed E-state index contributed by atoms with van der Waals surface area (Å²) in [5.41, 5.74) is 2.17. The lowest BCUT2D eigenvalue weighted by atomic mass is 10.1. The Bertz CT molecular complexity index is 630. The lowest BCUT2D eigenvalue weighted by Gasteiger charge is -2.26. The highest BCUT2D eigenvalue weighted by Crippen LogP contribution is 2.28. The van der Waals surface area contributed by atoms with Crippen molar-refractivity contribution < 1.29 is 9.53 Å². The maximum Gasteiger partial charge on any atom is 0.238 e. The Kier molecular flexibility index (Phi) is 6.08. The molecule has 27 heavy (non-hydrogen) atoms. The molecule has 3 aliphatic rings. The van der Waals surface area contributed by atoms with E-state index in [2.05, 4.69) is 39.2 Å². The Morgan fingerprint density at radius 3 is 2.56 bits per heavy atom. The Hall–Kier alpha value is -1.47. The van der Waals surface area contributed by atoms with Crippen LogP contribution in [-0.4, -0.2) is 85.7 Å². The van der Waals surface area contributed by atoms with Crippen LogP contribution in [0.2, 0.25) is 0 Å². The van der Waals surface area contributed by atoms with Crippen molar-refractivity contribution in [1.29, 1.82) is 0 Å². The Balaban J connectivity index is 1.25. The van der Waals surface area contributed by atoms with Gasteiger partial charge in [-0.05, 0) is 44.0 Å². The third-order valence-electron chi connectivity index (χ3n) is 6.35. The minimum atomic E-state index is 0.0938. The predicted octanol–water partition coefficient (Wildman–Crippen LogP) is 1.63. The normalized spacial score (nSPS) is 27.4. The van der Waals surface area contributed by atoms with Crippen molar-refractivity contribution in [1.82, 2.24) is 14.7 Å². The first-order valence-corrected chi connectivity index (χ1v) is 10.3. The van der Waals surface area contributed by atoms with Crippen LogP contribution >= 0.6 is 0 Å². The molecule has 148 valence electrons. The lowest BCUT2D eigenvalue weighted by Crippen LogP contribution is -2.40. The number of carbonyl (C=O) groups excluding carboxylic acids is 1. The molecule has 6 nitrogen and oxygen atoms in total. The number of ether oxygens (including phenoxy) is 1. The summed E-state index contributed by atoms with van der Waals surface area (Å²) < 4.78 is 5.40. The quantitative estimate of drug-likeness (QED) is 0.851. The molecule has 1 aromatic rings. The van der Waals surface area contributed by atoms with E-state index in [1.165, 1.54) is 24.8 Å². The minimum absolute atomic E-state index is 0.0938. The summed E-state index contributed by atoms with van der Waals surface area (Å²) in [6.07, 6.45) is 3.76. The molecule has 3 heterocycles. The van der Waals surface area contributed by atoms with Crippen molar-refractivity contribution in [2.75, 3.05) is 58.3 Å². The van der Waals surface area contributed by atoms with Gasteiger partial charge in [0, 0.05) is 50.5 Å². The van der Waals surface area contributed by atoms with E-state index in [0.717, 1.165) is 51.6 Å². The van der Waals surface area contributed by atoms with Gasteiger partial charge in [0.05, 0.1) is 19.8 Å². The summed E-state index contributed by atoms with van der Waals surface area (Å²) in [4.78, 5) is 19.7. The largest absolute Gasteiger partial charge is 0.379 e. The average Bonchev–Trinajstić information content (AvgIpc) is 2.92. The zero-order chi connectivity index (χ0) is 18.6. The number of nitrogens with zero attached hydrogens (tertiary/aromatic N) is 3. The highest BCUT2D eigenvalue weighted by molar-refractivity contribution is 5.92. The van der Waals surface area contributed by atoms with Gasteiger partial charge in [-0.15, -0.1) is 0 Å². The first kappa shape index (κ1) is 18.9. The molecule has 3 aliphatic heterocycles. The monoisotopic (exact) mass is 372 g/mol. The summed E-state index contributed by atoms with van der Waals surface area (Å²) in [7, 11) is 2.24. The zero-order valence-electron chi connectivity index (χ0n) is 16.4. The maximum absolute atomic E-state index is 12.5. The van der Waals surface area contributed by atoms with Gasteiger partial charge in [-0.2, -0.15) is 0 Å². The van der Waals surface area contributed by atoms with Gasteiger partial charge in [-0.3, -0.25) is 19.5 Å². The second-order valence-electron chi connectivity index (χ2n) is 8.21. The third kappa shape index (κ3) is 4.88. The second-order valence-corrected chi connectivity index (χ2v) is 8.21. The van der Waals surface area contributed by atoms with Gasteiger partial charge in [0.2, 0.25) is 5.91 Å². The number of amides is 1. The van der Waals surface area contributed by atoms with E-state index in [9.17, 15) is 4.79 Å². The van der Waals surface area contributed by atoms with Gasteiger partial charge in [-0.1, -0.05) is 12.1 Å². The molecule has 4 rings (SSSR count). The molecular formula is C21H32N4O2. The zero-order valence-corrected chi connectivity index (χ0v) is 16.4. The number of hydrogen-bond acceptors (Lipinski definition) is 5. The Labute approximate surface area is 162 Å². The van der Waals surface area contributed by atoms with Crippen LogP contribution in [0.15, 0.2) is 24.3 Å². The number of benzene rings is 1. The number of morpholine rings is 1. The molecule has 2 atom stereocenters. The number of fused-ring (bicyclic) bond motifs is 2. The van der Waals surface area contributed by atoms with Crippen LogP contribution in [-0.2, 0) is 16.1 Å². The maximum atomic E-state index is 12.5. The van der Waals surface area contributed by atoms with E-state index in [0.29, 0.717) is 18.6 Å². The molecule has 0 aliphatic carbocycles. The van der Waals surface area contributed by atoms with E-state index >= 15 is 0 Å². The third-order valence-corrected chi connectivity index (χ3v) is 6.35. The lowest BCUT2D eigenvalue weighted by molar-refractivity contribution is -0.117. The molecule has 1 aromatic carbocycles. The SMILES string of the molecule is CN1[C@H]2CC[C@H]1CN(CC(=O)Nc1ccc(CN3CCOCC3)cc1)CC2. The van der Waals surface area contributed by atoms with Gasteiger partial charge in [0.15, 0.2) is 0 Å². The smallest absolute Gasteiger partial charge is 0.238 e. The highest BCUT2D eigenvalue weighted by Gasteiger charge is 2.34. The fourth-order valence-corrected chi connectivity index (χ4v) is 4.64. The van der Waals surface area contributed by atoms with Crippen molar-refractivity contribution in [3.8, 4) is 0 Å². The number of nitrogens with one attached hydrogen (secondary N) is 1. The van der Waals surface area contributed by atoms with Crippen LogP contribution in [0, 0.1) is 0 Å². The minimum Gasteiger partial charge on any atom is -0.379 e. The highest BCUT2D eigenvalue weighted by atomic mass is 16.5. The number of rotatable bonds is 5. The predicted molar refractivity (Wildman–Crippen MR) is 107 cm³/mol. The van der Waals surface area contributed by atoms with E-state index in [1.807, 2.05) is 12.1 Å². The summed E-state index contributed by atoms with van der Waals surface area (Å²) in [5.74, 6) is 0.0938. The molecular weight excluding hydrogens is 340 g/mol. The summed E-state index contributed by atoms with van der Waals surface area (Å²) >= 11 is 0. The molecule has 3 fully saturated rings. The van der Waals surface area contributed by atoms with Crippen molar-refractivity contribution in [2.45, 2.75) is 37.9 Å². The molecule has 0 radical (unpaired) electrons. The van der Waals surface area contributed by atoms with Crippen LogP contribution in [0.3, 0.4) is 0 Å². The molecule has 0 unspecified atom stereocenters. The topological polar surface area (TPSA) is 48.0 Å². The fourth-order valence-electron chi connectivity index (χ4n) is 4.64. The van der Waals surface area contributed by atoms with Gasteiger partial charge in [0.25, 0.3) is 0 Å².